The summed E-state index contributed by atoms with van der Waals surface area (Å²) in [4.78, 5) is 12.6. The summed E-state index contributed by atoms with van der Waals surface area (Å²) in [6, 6.07) is 10.9. The number of hydrogen-bond donors (Lipinski definition) is 0. The average molecular weight is 316 g/mol. The zero-order valence-corrected chi connectivity index (χ0v) is 13.0. The van der Waals surface area contributed by atoms with E-state index < -0.39 is 10.5 Å². The van der Waals surface area contributed by atoms with E-state index in [4.69, 9.17) is 4.74 Å². The molecule has 0 N–H and O–H groups in total. The van der Waals surface area contributed by atoms with Crippen molar-refractivity contribution < 1.29 is 14.1 Å². The summed E-state index contributed by atoms with van der Waals surface area (Å²) in [5.74, 6) is 0.303. The molecule has 0 aliphatic carbocycles. The molecule has 120 valence electrons. The second kappa shape index (κ2) is 5.53. The predicted molar refractivity (Wildman–Crippen MR) is 85.3 cm³/mol. The number of ether oxygens (including phenoxy) is 1. The van der Waals surface area contributed by atoms with Crippen LogP contribution in [-0.2, 0) is 6.54 Å². The minimum atomic E-state index is -0.434. The van der Waals surface area contributed by atoms with E-state index >= 15 is 0 Å². The van der Waals surface area contributed by atoms with Gasteiger partial charge in [0, 0.05) is 18.7 Å². The molecule has 0 saturated carbocycles. The van der Waals surface area contributed by atoms with E-state index in [2.05, 4.69) is 0 Å². The first-order valence-electron chi connectivity index (χ1n) is 7.31. The fourth-order valence-corrected chi connectivity index (χ4v) is 2.82. The van der Waals surface area contributed by atoms with Crippen molar-refractivity contribution in [3.63, 3.8) is 0 Å². The molecule has 0 unspecified atom stereocenters. The van der Waals surface area contributed by atoms with Gasteiger partial charge in [-0.2, -0.15) is 0 Å². The SMILES string of the molecule is CC1(C)CN(Cc2cccc(F)c2)c2cc([N+](=O)[O-])ccc2O1. The predicted octanol–water partition coefficient (Wildman–Crippen LogP) is 3.91. The van der Waals surface area contributed by atoms with Crippen molar-refractivity contribution >= 4 is 11.4 Å². The van der Waals surface area contributed by atoms with Gasteiger partial charge in [0.05, 0.1) is 17.2 Å². The van der Waals surface area contributed by atoms with E-state index in [1.807, 2.05) is 24.8 Å². The Hall–Kier alpha value is -2.63. The van der Waals surface area contributed by atoms with E-state index in [0.29, 0.717) is 24.5 Å². The minimum absolute atomic E-state index is 0.0105. The van der Waals surface area contributed by atoms with Crippen LogP contribution in [0.15, 0.2) is 42.5 Å². The molecular weight excluding hydrogens is 299 g/mol. The van der Waals surface area contributed by atoms with Crippen LogP contribution in [0.2, 0.25) is 0 Å². The van der Waals surface area contributed by atoms with Crippen LogP contribution in [0.25, 0.3) is 0 Å². The van der Waals surface area contributed by atoms with Gasteiger partial charge in [0.2, 0.25) is 0 Å². The third-order valence-corrected chi connectivity index (χ3v) is 3.71. The lowest BCUT2D eigenvalue weighted by Gasteiger charge is -2.40. The molecule has 6 heteroatoms. The largest absolute Gasteiger partial charge is 0.484 e. The summed E-state index contributed by atoms with van der Waals surface area (Å²) in [6.07, 6.45) is 0. The molecule has 5 nitrogen and oxygen atoms in total. The maximum absolute atomic E-state index is 13.4. The molecule has 0 saturated heterocycles. The maximum atomic E-state index is 13.4. The highest BCUT2D eigenvalue weighted by molar-refractivity contribution is 5.65. The van der Waals surface area contributed by atoms with Crippen molar-refractivity contribution in [2.24, 2.45) is 0 Å². The molecule has 0 bridgehead atoms. The molecule has 0 spiro atoms. The molecule has 1 heterocycles. The van der Waals surface area contributed by atoms with E-state index in [1.54, 1.807) is 12.1 Å². The molecule has 1 aliphatic rings. The Bertz CT molecular complexity index is 761. The minimum Gasteiger partial charge on any atom is -0.484 e. The first-order chi connectivity index (χ1) is 10.8. The first kappa shape index (κ1) is 15.3. The van der Waals surface area contributed by atoms with Crippen LogP contribution < -0.4 is 9.64 Å². The molecule has 1 aliphatic heterocycles. The fourth-order valence-electron chi connectivity index (χ4n) is 2.82. The Kier molecular flexibility index (Phi) is 3.67. The molecule has 23 heavy (non-hydrogen) atoms. The second-order valence-electron chi connectivity index (χ2n) is 6.26. The van der Waals surface area contributed by atoms with Crippen LogP contribution in [0.4, 0.5) is 15.8 Å². The number of non-ortho nitro benzene ring substituents is 1. The molecule has 0 amide bonds. The molecule has 0 fully saturated rings. The number of nitro groups is 1. The van der Waals surface area contributed by atoms with Crippen LogP contribution in [0, 0.1) is 15.9 Å². The molecule has 0 aromatic heterocycles. The van der Waals surface area contributed by atoms with E-state index in [9.17, 15) is 14.5 Å². The van der Waals surface area contributed by atoms with Gasteiger partial charge in [-0.25, -0.2) is 4.39 Å². The van der Waals surface area contributed by atoms with Crippen molar-refractivity contribution in [3.05, 3.63) is 64.0 Å². The molecule has 3 rings (SSSR count). The summed E-state index contributed by atoms with van der Waals surface area (Å²) >= 11 is 0. The summed E-state index contributed by atoms with van der Waals surface area (Å²) < 4.78 is 19.3. The summed E-state index contributed by atoms with van der Waals surface area (Å²) in [7, 11) is 0. The number of rotatable bonds is 3. The first-order valence-corrected chi connectivity index (χ1v) is 7.31. The molecular formula is C17H17FN2O3. The number of fused-ring (bicyclic) bond motifs is 1. The van der Waals surface area contributed by atoms with Crippen LogP contribution in [0.3, 0.4) is 0 Å². The number of halogens is 1. The normalized spacial score (nSPS) is 15.7. The Morgan fingerprint density at radius 1 is 1.30 bits per heavy atom. The average Bonchev–Trinajstić information content (AvgIpc) is 2.45. The zero-order valence-electron chi connectivity index (χ0n) is 13.0. The van der Waals surface area contributed by atoms with Crippen molar-refractivity contribution in [1.82, 2.24) is 0 Å². The van der Waals surface area contributed by atoms with Crippen LogP contribution in [-0.4, -0.2) is 17.1 Å². The van der Waals surface area contributed by atoms with Gasteiger partial charge in [0.1, 0.15) is 17.2 Å². The Labute approximate surface area is 133 Å². The number of anilines is 1. The molecule has 2 aromatic carbocycles. The number of hydrogen-bond acceptors (Lipinski definition) is 4. The van der Waals surface area contributed by atoms with Gasteiger partial charge in [0.25, 0.3) is 5.69 Å². The zero-order chi connectivity index (χ0) is 16.6. The highest BCUT2D eigenvalue weighted by Gasteiger charge is 2.32. The topological polar surface area (TPSA) is 55.6 Å². The Morgan fingerprint density at radius 2 is 2.09 bits per heavy atom. The van der Waals surface area contributed by atoms with Crippen molar-refractivity contribution in [2.75, 3.05) is 11.4 Å². The monoisotopic (exact) mass is 316 g/mol. The number of nitro benzene ring substituents is 1. The highest BCUT2D eigenvalue weighted by Crippen LogP contribution is 2.39. The van der Waals surface area contributed by atoms with E-state index in [1.165, 1.54) is 24.3 Å². The van der Waals surface area contributed by atoms with E-state index in [0.717, 1.165) is 5.56 Å². The van der Waals surface area contributed by atoms with Crippen molar-refractivity contribution in [2.45, 2.75) is 26.0 Å². The lowest BCUT2D eigenvalue weighted by molar-refractivity contribution is -0.384. The molecule has 2 aromatic rings. The van der Waals surface area contributed by atoms with E-state index in [-0.39, 0.29) is 11.5 Å². The standard InChI is InChI=1S/C17H17FN2O3/c1-17(2)11-19(10-12-4-3-5-13(18)8-12)15-9-14(20(21)22)6-7-16(15)23-17/h3-9H,10-11H2,1-2H3. The molecule has 0 radical (unpaired) electrons. The second-order valence-corrected chi connectivity index (χ2v) is 6.26. The third-order valence-electron chi connectivity index (χ3n) is 3.71. The highest BCUT2D eigenvalue weighted by atomic mass is 19.1. The third kappa shape index (κ3) is 3.26. The Morgan fingerprint density at radius 3 is 2.78 bits per heavy atom. The van der Waals surface area contributed by atoms with Gasteiger partial charge in [0.15, 0.2) is 0 Å². The van der Waals surface area contributed by atoms with Crippen molar-refractivity contribution in [1.29, 1.82) is 0 Å². The fraction of sp³-hybridized carbons (Fsp3) is 0.294. The number of benzene rings is 2. The smallest absolute Gasteiger partial charge is 0.271 e. The molecule has 0 atom stereocenters. The van der Waals surface area contributed by atoms with Gasteiger partial charge in [-0.05, 0) is 37.6 Å². The van der Waals surface area contributed by atoms with Crippen molar-refractivity contribution in [3.8, 4) is 5.75 Å². The Balaban J connectivity index is 1.99. The van der Waals surface area contributed by atoms with Gasteiger partial charge >= 0.3 is 0 Å². The lowest BCUT2D eigenvalue weighted by Crippen LogP contribution is -2.46. The van der Waals surface area contributed by atoms with Crippen LogP contribution in [0.5, 0.6) is 5.75 Å². The van der Waals surface area contributed by atoms with Crippen LogP contribution >= 0.6 is 0 Å². The lowest BCUT2D eigenvalue weighted by atomic mass is 10.0. The van der Waals surface area contributed by atoms with Crippen LogP contribution in [0.1, 0.15) is 19.4 Å². The summed E-state index contributed by atoms with van der Waals surface area (Å²) in [6.45, 7) is 4.92. The van der Waals surface area contributed by atoms with Gasteiger partial charge < -0.3 is 9.64 Å². The summed E-state index contributed by atoms with van der Waals surface area (Å²) in [5, 5.41) is 11.0. The summed E-state index contributed by atoms with van der Waals surface area (Å²) in [5.41, 5.74) is 1.04. The quantitative estimate of drug-likeness (QED) is 0.636. The van der Waals surface area contributed by atoms with Gasteiger partial charge in [-0.15, -0.1) is 0 Å². The maximum Gasteiger partial charge on any atom is 0.271 e. The van der Waals surface area contributed by atoms with Gasteiger partial charge in [-0.1, -0.05) is 12.1 Å². The van der Waals surface area contributed by atoms with Gasteiger partial charge in [-0.3, -0.25) is 10.1 Å². The number of nitrogens with zero attached hydrogens (tertiary/aromatic N) is 2.